The summed E-state index contributed by atoms with van der Waals surface area (Å²) in [6.45, 7) is 0.635. The molecule has 1 aliphatic rings. The van der Waals surface area contributed by atoms with Crippen LogP contribution in [-0.2, 0) is 14.8 Å². The van der Waals surface area contributed by atoms with E-state index in [0.29, 0.717) is 6.54 Å². The van der Waals surface area contributed by atoms with Crippen LogP contribution in [0.4, 0.5) is 0 Å². The van der Waals surface area contributed by atoms with E-state index in [1.54, 1.807) is 0 Å². The van der Waals surface area contributed by atoms with Gasteiger partial charge in [0.15, 0.2) is 5.75 Å². The van der Waals surface area contributed by atoms with E-state index < -0.39 is 21.7 Å². The molecular weight excluding hydrogens is 220 g/mol. The lowest BCUT2D eigenvalue weighted by atomic mass is 10.1. The molecule has 0 radical (unpaired) electrons. The predicted octanol–water partition coefficient (Wildman–Crippen LogP) is -0.786. The number of nitrogens with two attached hydrogens (primary N) is 1. The van der Waals surface area contributed by atoms with Gasteiger partial charge in [-0.1, -0.05) is 6.42 Å². The highest BCUT2D eigenvalue weighted by atomic mass is 32.2. The molecule has 1 fully saturated rings. The lowest BCUT2D eigenvalue weighted by Crippen LogP contribution is -2.48. The summed E-state index contributed by atoms with van der Waals surface area (Å²) >= 11 is 0. The van der Waals surface area contributed by atoms with Crippen molar-refractivity contribution in [1.82, 2.24) is 4.31 Å². The molecule has 1 saturated heterocycles. The van der Waals surface area contributed by atoms with Gasteiger partial charge in [-0.3, -0.25) is 4.79 Å². The van der Waals surface area contributed by atoms with Crippen LogP contribution in [0, 0.1) is 0 Å². The smallest absolute Gasteiger partial charge is 0.320 e. The number of rotatable bonds is 4. The summed E-state index contributed by atoms with van der Waals surface area (Å²) in [6.07, 6.45) is 2.44. The van der Waals surface area contributed by atoms with Crippen LogP contribution in [0.5, 0.6) is 0 Å². The molecule has 0 amide bonds. The number of nitrogens with zero attached hydrogens (tertiary/aromatic N) is 1. The van der Waals surface area contributed by atoms with Crippen LogP contribution in [0.3, 0.4) is 0 Å². The van der Waals surface area contributed by atoms with Gasteiger partial charge in [-0.25, -0.2) is 8.42 Å². The summed E-state index contributed by atoms with van der Waals surface area (Å²) in [6, 6.07) is -0.233. The second-order valence-electron chi connectivity index (χ2n) is 3.65. The van der Waals surface area contributed by atoms with Gasteiger partial charge in [0, 0.05) is 19.1 Å². The third-order valence-electron chi connectivity index (χ3n) is 2.51. The summed E-state index contributed by atoms with van der Waals surface area (Å²) < 4.78 is 24.6. The van der Waals surface area contributed by atoms with Crippen LogP contribution >= 0.6 is 0 Å². The van der Waals surface area contributed by atoms with E-state index in [1.807, 2.05) is 0 Å². The van der Waals surface area contributed by atoms with E-state index in [2.05, 4.69) is 0 Å². The highest BCUT2D eigenvalue weighted by molar-refractivity contribution is 7.89. The Bertz CT molecular complexity index is 328. The molecule has 1 unspecified atom stereocenters. The zero-order valence-corrected chi connectivity index (χ0v) is 9.24. The van der Waals surface area contributed by atoms with Crippen molar-refractivity contribution in [2.45, 2.75) is 25.3 Å². The summed E-state index contributed by atoms with van der Waals surface area (Å²) in [7, 11) is -3.69. The first kappa shape index (κ1) is 12.4. The Kier molecular flexibility index (Phi) is 4.06. The van der Waals surface area contributed by atoms with Crippen molar-refractivity contribution in [3.63, 3.8) is 0 Å². The number of aliphatic carboxylic acids is 1. The minimum absolute atomic E-state index is 0.233. The van der Waals surface area contributed by atoms with Crippen LogP contribution in [0.15, 0.2) is 0 Å². The Balaban J connectivity index is 2.79. The van der Waals surface area contributed by atoms with E-state index >= 15 is 0 Å². The van der Waals surface area contributed by atoms with E-state index in [9.17, 15) is 13.2 Å². The number of sulfonamides is 1. The molecular formula is C8H16N2O4S. The Hall–Kier alpha value is -0.660. The van der Waals surface area contributed by atoms with Crippen molar-refractivity contribution in [1.29, 1.82) is 0 Å². The van der Waals surface area contributed by atoms with Crippen LogP contribution in [0.1, 0.15) is 19.3 Å². The zero-order valence-electron chi connectivity index (χ0n) is 8.42. The van der Waals surface area contributed by atoms with Gasteiger partial charge >= 0.3 is 5.97 Å². The Morgan fingerprint density at radius 2 is 2.13 bits per heavy atom. The Morgan fingerprint density at radius 1 is 1.47 bits per heavy atom. The molecule has 1 atom stereocenters. The topological polar surface area (TPSA) is 101 Å². The van der Waals surface area contributed by atoms with E-state index in [1.165, 1.54) is 4.31 Å². The molecule has 0 bridgehead atoms. The van der Waals surface area contributed by atoms with Crippen molar-refractivity contribution < 1.29 is 18.3 Å². The lowest BCUT2D eigenvalue weighted by molar-refractivity contribution is -0.134. The molecule has 0 saturated carbocycles. The molecule has 0 aliphatic carbocycles. The second kappa shape index (κ2) is 4.91. The lowest BCUT2D eigenvalue weighted by Gasteiger charge is -2.33. The molecule has 1 heterocycles. The monoisotopic (exact) mass is 236 g/mol. The molecule has 0 aromatic carbocycles. The minimum Gasteiger partial charge on any atom is -0.480 e. The Morgan fingerprint density at radius 3 is 2.67 bits per heavy atom. The number of piperidine rings is 1. The van der Waals surface area contributed by atoms with Gasteiger partial charge in [-0.15, -0.1) is 0 Å². The molecule has 0 aromatic heterocycles. The van der Waals surface area contributed by atoms with Crippen molar-refractivity contribution in [3.8, 4) is 0 Å². The van der Waals surface area contributed by atoms with Crippen LogP contribution < -0.4 is 5.73 Å². The molecule has 6 nitrogen and oxygen atoms in total. The minimum atomic E-state index is -3.69. The third kappa shape index (κ3) is 3.15. The molecule has 7 heteroatoms. The molecule has 0 spiro atoms. The standard InChI is InChI=1S/C8H16N2O4S/c9-5-7-3-1-2-4-10(7)15(13,14)6-8(11)12/h7H,1-6,9H2,(H,11,12). The second-order valence-corrected chi connectivity index (χ2v) is 5.57. The maximum atomic E-state index is 11.7. The highest BCUT2D eigenvalue weighted by Crippen LogP contribution is 2.19. The van der Waals surface area contributed by atoms with Gasteiger partial charge < -0.3 is 10.8 Å². The average Bonchev–Trinajstić information content (AvgIpc) is 2.16. The van der Waals surface area contributed by atoms with Crippen LogP contribution in [0.2, 0.25) is 0 Å². The third-order valence-corrected chi connectivity index (χ3v) is 4.32. The number of carboxylic acids is 1. The number of carboxylic acid groups (broad SMARTS) is 1. The number of hydrogen-bond acceptors (Lipinski definition) is 4. The van der Waals surface area contributed by atoms with Gasteiger partial charge in [-0.2, -0.15) is 4.31 Å². The summed E-state index contributed by atoms with van der Waals surface area (Å²) in [5, 5.41) is 8.50. The SMILES string of the molecule is NCC1CCCCN1S(=O)(=O)CC(=O)O. The van der Waals surface area contributed by atoms with Gasteiger partial charge in [0.05, 0.1) is 0 Å². The van der Waals surface area contributed by atoms with Gasteiger partial charge in [0.2, 0.25) is 10.0 Å². The first-order valence-corrected chi connectivity index (χ1v) is 6.49. The summed E-state index contributed by atoms with van der Waals surface area (Å²) in [5.74, 6) is -2.17. The normalized spacial score (nSPS) is 23.9. The summed E-state index contributed by atoms with van der Waals surface area (Å²) in [5.41, 5.74) is 5.47. The molecule has 1 aliphatic heterocycles. The van der Waals surface area contributed by atoms with Crippen LogP contribution in [-0.4, -0.2) is 48.7 Å². The van der Waals surface area contributed by atoms with Gasteiger partial charge in [0.1, 0.15) is 0 Å². The average molecular weight is 236 g/mol. The van der Waals surface area contributed by atoms with Gasteiger partial charge in [0.25, 0.3) is 0 Å². The van der Waals surface area contributed by atoms with Crippen molar-refractivity contribution in [3.05, 3.63) is 0 Å². The zero-order chi connectivity index (χ0) is 11.5. The van der Waals surface area contributed by atoms with E-state index in [0.717, 1.165) is 19.3 Å². The largest absolute Gasteiger partial charge is 0.480 e. The van der Waals surface area contributed by atoms with Gasteiger partial charge in [-0.05, 0) is 12.8 Å². The maximum absolute atomic E-state index is 11.7. The predicted molar refractivity (Wildman–Crippen MR) is 54.8 cm³/mol. The molecule has 3 N–H and O–H groups in total. The Labute approximate surface area is 89.1 Å². The van der Waals surface area contributed by atoms with Crippen molar-refractivity contribution >= 4 is 16.0 Å². The maximum Gasteiger partial charge on any atom is 0.320 e. The first-order chi connectivity index (χ1) is 6.97. The van der Waals surface area contributed by atoms with Crippen molar-refractivity contribution in [2.24, 2.45) is 5.73 Å². The molecule has 0 aromatic rings. The molecule has 88 valence electrons. The molecule has 15 heavy (non-hydrogen) atoms. The fourth-order valence-corrected chi connectivity index (χ4v) is 3.35. The number of hydrogen-bond donors (Lipinski definition) is 2. The first-order valence-electron chi connectivity index (χ1n) is 4.89. The quantitative estimate of drug-likeness (QED) is 0.666. The van der Waals surface area contributed by atoms with E-state index in [-0.39, 0.29) is 12.6 Å². The fourth-order valence-electron chi connectivity index (χ4n) is 1.81. The highest BCUT2D eigenvalue weighted by Gasteiger charge is 2.32. The summed E-state index contributed by atoms with van der Waals surface area (Å²) in [4.78, 5) is 10.4. The van der Waals surface area contributed by atoms with E-state index in [4.69, 9.17) is 10.8 Å². The van der Waals surface area contributed by atoms with Crippen LogP contribution in [0.25, 0.3) is 0 Å². The number of carbonyl (C=O) groups is 1. The van der Waals surface area contributed by atoms with Crippen molar-refractivity contribution in [2.75, 3.05) is 18.8 Å². The molecule has 1 rings (SSSR count). The fraction of sp³-hybridized carbons (Fsp3) is 0.875.